The summed E-state index contributed by atoms with van der Waals surface area (Å²) < 4.78 is 0. The molecular formula is C15H17N3O. The summed E-state index contributed by atoms with van der Waals surface area (Å²) >= 11 is 0. The number of hydrogen-bond donors (Lipinski definition) is 1. The molecule has 0 unspecified atom stereocenters. The van der Waals surface area contributed by atoms with Crippen LogP contribution in [-0.2, 0) is 11.2 Å². The Morgan fingerprint density at radius 2 is 1.74 bits per heavy atom. The van der Waals surface area contributed by atoms with E-state index in [2.05, 4.69) is 46.5 Å². The SMILES string of the molecule is CCc1ccc(-c2cnc(NCC(C)=O)nc2)cc1. The lowest BCUT2D eigenvalue weighted by atomic mass is 10.1. The van der Waals surface area contributed by atoms with Crippen LogP contribution in [0.5, 0.6) is 0 Å². The average Bonchev–Trinajstić information content (AvgIpc) is 2.46. The van der Waals surface area contributed by atoms with E-state index in [1.165, 1.54) is 12.5 Å². The number of nitrogens with one attached hydrogen (secondary N) is 1. The van der Waals surface area contributed by atoms with E-state index in [4.69, 9.17) is 0 Å². The van der Waals surface area contributed by atoms with Crippen molar-refractivity contribution in [3.8, 4) is 11.1 Å². The molecule has 1 heterocycles. The highest BCUT2D eigenvalue weighted by atomic mass is 16.1. The number of aromatic nitrogens is 2. The minimum absolute atomic E-state index is 0.0582. The maximum absolute atomic E-state index is 10.8. The Bertz CT molecular complexity index is 547. The molecule has 0 radical (unpaired) electrons. The predicted molar refractivity (Wildman–Crippen MR) is 76.0 cm³/mol. The summed E-state index contributed by atoms with van der Waals surface area (Å²) in [4.78, 5) is 19.2. The van der Waals surface area contributed by atoms with Crippen molar-refractivity contribution in [1.82, 2.24) is 9.97 Å². The van der Waals surface area contributed by atoms with Gasteiger partial charge < -0.3 is 5.32 Å². The van der Waals surface area contributed by atoms with Gasteiger partial charge in [-0.25, -0.2) is 9.97 Å². The van der Waals surface area contributed by atoms with Crippen molar-refractivity contribution >= 4 is 11.7 Å². The lowest BCUT2D eigenvalue weighted by Gasteiger charge is -2.05. The summed E-state index contributed by atoms with van der Waals surface area (Å²) in [5, 5.41) is 2.87. The Balaban J connectivity index is 2.10. The second-order valence-corrected chi connectivity index (χ2v) is 4.40. The fourth-order valence-corrected chi connectivity index (χ4v) is 1.70. The Morgan fingerprint density at radius 3 is 2.26 bits per heavy atom. The van der Waals surface area contributed by atoms with Crippen LogP contribution in [0.4, 0.5) is 5.95 Å². The smallest absolute Gasteiger partial charge is 0.222 e. The third kappa shape index (κ3) is 3.61. The topological polar surface area (TPSA) is 54.9 Å². The van der Waals surface area contributed by atoms with Gasteiger partial charge >= 0.3 is 0 Å². The molecule has 98 valence electrons. The molecule has 0 saturated carbocycles. The van der Waals surface area contributed by atoms with Gasteiger partial charge in [0.25, 0.3) is 0 Å². The molecule has 2 aromatic rings. The second kappa shape index (κ2) is 6.09. The van der Waals surface area contributed by atoms with Crippen molar-refractivity contribution in [2.45, 2.75) is 20.3 Å². The van der Waals surface area contributed by atoms with Crippen molar-refractivity contribution in [1.29, 1.82) is 0 Å². The highest BCUT2D eigenvalue weighted by molar-refractivity contribution is 5.79. The van der Waals surface area contributed by atoms with E-state index in [1.807, 2.05) is 0 Å². The zero-order valence-corrected chi connectivity index (χ0v) is 11.2. The van der Waals surface area contributed by atoms with Gasteiger partial charge in [0.1, 0.15) is 5.78 Å². The number of carbonyl (C=O) groups excluding carboxylic acids is 1. The molecule has 4 heteroatoms. The Labute approximate surface area is 112 Å². The van der Waals surface area contributed by atoms with Crippen LogP contribution in [0.1, 0.15) is 19.4 Å². The lowest BCUT2D eigenvalue weighted by molar-refractivity contribution is -0.115. The van der Waals surface area contributed by atoms with Gasteiger partial charge in [-0.3, -0.25) is 4.79 Å². The molecule has 4 nitrogen and oxygen atoms in total. The Kier molecular flexibility index (Phi) is 4.23. The standard InChI is InChI=1S/C15H17N3O/c1-3-12-4-6-13(7-5-12)14-9-17-15(18-10-14)16-8-11(2)19/h4-7,9-10H,3,8H2,1-2H3,(H,16,17,18). The molecule has 0 amide bonds. The number of aryl methyl sites for hydroxylation is 1. The zero-order valence-electron chi connectivity index (χ0n) is 11.2. The van der Waals surface area contributed by atoms with Crippen LogP contribution in [0.15, 0.2) is 36.7 Å². The maximum atomic E-state index is 10.8. The fraction of sp³-hybridized carbons (Fsp3) is 0.267. The van der Waals surface area contributed by atoms with Crippen LogP contribution in [0.25, 0.3) is 11.1 Å². The molecule has 0 fully saturated rings. The van der Waals surface area contributed by atoms with E-state index in [9.17, 15) is 4.79 Å². The number of anilines is 1. The van der Waals surface area contributed by atoms with Gasteiger partial charge in [-0.2, -0.15) is 0 Å². The minimum Gasteiger partial charge on any atom is -0.347 e. The Hall–Kier alpha value is -2.23. The number of hydrogen-bond acceptors (Lipinski definition) is 4. The van der Waals surface area contributed by atoms with Crippen molar-refractivity contribution in [2.24, 2.45) is 0 Å². The highest BCUT2D eigenvalue weighted by Gasteiger charge is 2.01. The summed E-state index contributed by atoms with van der Waals surface area (Å²) in [5.41, 5.74) is 3.37. The lowest BCUT2D eigenvalue weighted by Crippen LogP contribution is -2.11. The summed E-state index contributed by atoms with van der Waals surface area (Å²) in [6.07, 6.45) is 4.55. The van der Waals surface area contributed by atoms with Crippen LogP contribution in [0.3, 0.4) is 0 Å². The minimum atomic E-state index is 0.0582. The number of Topliss-reactive ketones (excluding diaryl/α,β-unsaturated/α-hetero) is 1. The molecule has 0 aliphatic carbocycles. The van der Waals surface area contributed by atoms with Crippen LogP contribution in [0.2, 0.25) is 0 Å². The molecule has 0 aliphatic rings. The van der Waals surface area contributed by atoms with Crippen LogP contribution < -0.4 is 5.32 Å². The molecule has 0 aliphatic heterocycles. The first kappa shape index (κ1) is 13.2. The monoisotopic (exact) mass is 255 g/mol. The third-order valence-electron chi connectivity index (χ3n) is 2.84. The second-order valence-electron chi connectivity index (χ2n) is 4.40. The molecule has 19 heavy (non-hydrogen) atoms. The molecule has 0 atom stereocenters. The van der Waals surface area contributed by atoms with Crippen molar-refractivity contribution in [3.05, 3.63) is 42.2 Å². The van der Waals surface area contributed by atoms with E-state index in [1.54, 1.807) is 12.4 Å². The third-order valence-corrected chi connectivity index (χ3v) is 2.84. The van der Waals surface area contributed by atoms with Gasteiger partial charge in [0.15, 0.2) is 0 Å². The summed E-state index contributed by atoms with van der Waals surface area (Å²) in [6.45, 7) is 3.91. The van der Waals surface area contributed by atoms with E-state index < -0.39 is 0 Å². The molecule has 1 aromatic carbocycles. The summed E-state index contributed by atoms with van der Waals surface area (Å²) in [7, 11) is 0. The summed E-state index contributed by atoms with van der Waals surface area (Å²) in [6, 6.07) is 8.36. The number of benzene rings is 1. The molecule has 0 bridgehead atoms. The summed E-state index contributed by atoms with van der Waals surface area (Å²) in [5.74, 6) is 0.534. The molecule has 2 rings (SSSR count). The first-order valence-corrected chi connectivity index (χ1v) is 6.33. The van der Waals surface area contributed by atoms with E-state index in [0.717, 1.165) is 17.5 Å². The average molecular weight is 255 g/mol. The Morgan fingerprint density at radius 1 is 1.11 bits per heavy atom. The number of carbonyl (C=O) groups is 1. The van der Waals surface area contributed by atoms with E-state index in [-0.39, 0.29) is 12.3 Å². The van der Waals surface area contributed by atoms with E-state index in [0.29, 0.717) is 5.95 Å². The van der Waals surface area contributed by atoms with Gasteiger partial charge in [-0.15, -0.1) is 0 Å². The predicted octanol–water partition coefficient (Wildman–Crippen LogP) is 2.71. The first-order chi connectivity index (χ1) is 9.19. The molecular weight excluding hydrogens is 238 g/mol. The van der Waals surface area contributed by atoms with Crippen LogP contribution in [0, 0.1) is 0 Å². The largest absolute Gasteiger partial charge is 0.347 e. The van der Waals surface area contributed by atoms with Crippen LogP contribution in [-0.4, -0.2) is 22.3 Å². The van der Waals surface area contributed by atoms with Gasteiger partial charge in [0, 0.05) is 18.0 Å². The normalized spacial score (nSPS) is 10.2. The zero-order chi connectivity index (χ0) is 13.7. The molecule has 1 N–H and O–H groups in total. The number of ketones is 1. The van der Waals surface area contributed by atoms with E-state index >= 15 is 0 Å². The van der Waals surface area contributed by atoms with Crippen molar-refractivity contribution < 1.29 is 4.79 Å². The molecule has 0 spiro atoms. The number of nitrogens with zero attached hydrogens (tertiary/aromatic N) is 2. The van der Waals surface area contributed by atoms with Crippen molar-refractivity contribution in [3.63, 3.8) is 0 Å². The first-order valence-electron chi connectivity index (χ1n) is 6.33. The van der Waals surface area contributed by atoms with Gasteiger partial charge in [0.2, 0.25) is 5.95 Å². The quantitative estimate of drug-likeness (QED) is 0.892. The maximum Gasteiger partial charge on any atom is 0.222 e. The molecule has 0 saturated heterocycles. The van der Waals surface area contributed by atoms with Gasteiger partial charge in [-0.05, 0) is 24.5 Å². The number of rotatable bonds is 5. The fourth-order valence-electron chi connectivity index (χ4n) is 1.70. The van der Waals surface area contributed by atoms with Gasteiger partial charge in [-0.1, -0.05) is 31.2 Å². The van der Waals surface area contributed by atoms with Crippen LogP contribution >= 0.6 is 0 Å². The molecule has 1 aromatic heterocycles. The van der Waals surface area contributed by atoms with Gasteiger partial charge in [0.05, 0.1) is 6.54 Å². The van der Waals surface area contributed by atoms with Crippen molar-refractivity contribution in [2.75, 3.05) is 11.9 Å². The highest BCUT2D eigenvalue weighted by Crippen LogP contribution is 2.18.